The molecular formula is C15H28N2O3. The van der Waals surface area contributed by atoms with Crippen LogP contribution in [-0.2, 0) is 9.53 Å². The Labute approximate surface area is 121 Å². The third-order valence-corrected chi connectivity index (χ3v) is 4.06. The molecule has 0 spiro atoms. The van der Waals surface area contributed by atoms with E-state index in [-0.39, 0.29) is 11.9 Å². The first-order chi connectivity index (χ1) is 9.66. The number of amides is 1. The number of nitrogens with one attached hydrogen (secondary N) is 1. The number of aliphatic hydroxyl groups is 1. The fourth-order valence-corrected chi connectivity index (χ4v) is 2.50. The Bertz CT molecular complexity index is 301. The van der Waals surface area contributed by atoms with E-state index < -0.39 is 6.10 Å². The van der Waals surface area contributed by atoms with Gasteiger partial charge in [0.05, 0.1) is 18.8 Å². The minimum atomic E-state index is -0.537. The number of likely N-dealkylation sites (tertiary alicyclic amines) is 1. The van der Waals surface area contributed by atoms with Crippen molar-refractivity contribution in [2.75, 3.05) is 32.8 Å². The van der Waals surface area contributed by atoms with Crippen molar-refractivity contribution in [3.8, 4) is 0 Å². The number of aliphatic hydroxyl groups excluding tert-OH is 1. The quantitative estimate of drug-likeness (QED) is 0.691. The zero-order valence-electron chi connectivity index (χ0n) is 12.5. The Kier molecular flexibility index (Phi) is 6.26. The zero-order valence-corrected chi connectivity index (χ0v) is 12.5. The van der Waals surface area contributed by atoms with Gasteiger partial charge in [-0.3, -0.25) is 4.79 Å². The van der Waals surface area contributed by atoms with Gasteiger partial charge in [0.2, 0.25) is 5.91 Å². The van der Waals surface area contributed by atoms with Crippen LogP contribution in [0.3, 0.4) is 0 Å². The Hall–Kier alpha value is -0.650. The van der Waals surface area contributed by atoms with Crippen LogP contribution in [0.15, 0.2) is 0 Å². The van der Waals surface area contributed by atoms with Crippen molar-refractivity contribution < 1.29 is 14.6 Å². The van der Waals surface area contributed by atoms with Crippen molar-refractivity contribution in [3.05, 3.63) is 0 Å². The molecule has 116 valence electrons. The second-order valence-electron chi connectivity index (χ2n) is 6.15. The SMILES string of the molecule is CC(NCC(O)COCC1CC1)C(=O)N1CCCCC1. The Morgan fingerprint density at radius 3 is 2.70 bits per heavy atom. The number of piperidine rings is 1. The summed E-state index contributed by atoms with van der Waals surface area (Å²) in [6.07, 6.45) is 5.42. The molecule has 0 radical (unpaired) electrons. The van der Waals surface area contributed by atoms with Gasteiger partial charge in [-0.25, -0.2) is 0 Å². The summed E-state index contributed by atoms with van der Waals surface area (Å²) in [5.74, 6) is 0.866. The first-order valence-corrected chi connectivity index (χ1v) is 7.95. The number of hydrogen-bond donors (Lipinski definition) is 2. The first-order valence-electron chi connectivity index (χ1n) is 7.95. The smallest absolute Gasteiger partial charge is 0.239 e. The van der Waals surface area contributed by atoms with E-state index >= 15 is 0 Å². The van der Waals surface area contributed by atoms with Crippen molar-refractivity contribution in [2.45, 2.75) is 51.2 Å². The van der Waals surface area contributed by atoms with Crippen molar-refractivity contribution in [1.82, 2.24) is 10.2 Å². The van der Waals surface area contributed by atoms with E-state index in [1.54, 1.807) is 0 Å². The summed E-state index contributed by atoms with van der Waals surface area (Å²) in [5.41, 5.74) is 0. The van der Waals surface area contributed by atoms with Gasteiger partial charge in [-0.05, 0) is 44.9 Å². The van der Waals surface area contributed by atoms with Crippen LogP contribution in [0.25, 0.3) is 0 Å². The highest BCUT2D eigenvalue weighted by Gasteiger charge is 2.23. The van der Waals surface area contributed by atoms with Gasteiger partial charge in [-0.2, -0.15) is 0 Å². The third-order valence-electron chi connectivity index (χ3n) is 4.06. The maximum absolute atomic E-state index is 12.2. The fourth-order valence-electron chi connectivity index (χ4n) is 2.50. The Morgan fingerprint density at radius 2 is 2.05 bits per heavy atom. The van der Waals surface area contributed by atoms with Crippen LogP contribution >= 0.6 is 0 Å². The highest BCUT2D eigenvalue weighted by molar-refractivity contribution is 5.81. The molecule has 5 nitrogen and oxygen atoms in total. The average Bonchev–Trinajstić information content (AvgIpc) is 3.29. The topological polar surface area (TPSA) is 61.8 Å². The van der Waals surface area contributed by atoms with Crippen molar-refractivity contribution in [2.24, 2.45) is 5.92 Å². The molecule has 1 aliphatic heterocycles. The largest absolute Gasteiger partial charge is 0.389 e. The molecule has 1 heterocycles. The van der Waals surface area contributed by atoms with E-state index in [4.69, 9.17) is 4.74 Å². The van der Waals surface area contributed by atoms with Crippen LogP contribution in [0.2, 0.25) is 0 Å². The third kappa shape index (κ3) is 5.38. The number of carbonyl (C=O) groups is 1. The lowest BCUT2D eigenvalue weighted by atomic mass is 10.1. The summed E-state index contributed by atoms with van der Waals surface area (Å²) in [6, 6.07) is -0.230. The zero-order chi connectivity index (χ0) is 14.4. The van der Waals surface area contributed by atoms with Gasteiger partial charge in [0.15, 0.2) is 0 Å². The van der Waals surface area contributed by atoms with Gasteiger partial charge in [0.1, 0.15) is 0 Å². The Balaban J connectivity index is 1.57. The molecule has 1 saturated heterocycles. The lowest BCUT2D eigenvalue weighted by Gasteiger charge is -2.29. The molecule has 2 unspecified atom stereocenters. The Morgan fingerprint density at radius 1 is 1.35 bits per heavy atom. The highest BCUT2D eigenvalue weighted by Crippen LogP contribution is 2.28. The van der Waals surface area contributed by atoms with Crippen LogP contribution in [0, 0.1) is 5.92 Å². The van der Waals surface area contributed by atoms with E-state index in [1.165, 1.54) is 19.3 Å². The number of nitrogens with zero attached hydrogens (tertiary/aromatic N) is 1. The summed E-state index contributed by atoms with van der Waals surface area (Å²) in [4.78, 5) is 14.1. The predicted molar refractivity (Wildman–Crippen MR) is 77.4 cm³/mol. The normalized spacial score (nSPS) is 22.6. The molecule has 0 aromatic rings. The predicted octanol–water partition coefficient (Wildman–Crippen LogP) is 0.764. The van der Waals surface area contributed by atoms with Gasteiger partial charge in [0.25, 0.3) is 0 Å². The molecular weight excluding hydrogens is 256 g/mol. The van der Waals surface area contributed by atoms with E-state index in [1.807, 2.05) is 11.8 Å². The van der Waals surface area contributed by atoms with Crippen LogP contribution in [0.5, 0.6) is 0 Å². The van der Waals surface area contributed by atoms with Gasteiger partial charge < -0.3 is 20.1 Å². The molecule has 0 bridgehead atoms. The maximum atomic E-state index is 12.2. The van der Waals surface area contributed by atoms with Crippen LogP contribution in [-0.4, -0.2) is 60.9 Å². The second-order valence-corrected chi connectivity index (χ2v) is 6.15. The van der Waals surface area contributed by atoms with E-state index in [2.05, 4.69) is 5.32 Å². The van der Waals surface area contributed by atoms with E-state index in [0.717, 1.165) is 38.5 Å². The highest BCUT2D eigenvalue weighted by atomic mass is 16.5. The summed E-state index contributed by atoms with van der Waals surface area (Å²) < 4.78 is 5.44. The molecule has 2 atom stereocenters. The van der Waals surface area contributed by atoms with Crippen molar-refractivity contribution >= 4 is 5.91 Å². The van der Waals surface area contributed by atoms with E-state index in [0.29, 0.717) is 13.2 Å². The van der Waals surface area contributed by atoms with Crippen LogP contribution in [0.4, 0.5) is 0 Å². The minimum absolute atomic E-state index is 0.149. The summed E-state index contributed by atoms with van der Waals surface area (Å²) in [5, 5.41) is 12.9. The second kappa shape index (κ2) is 7.96. The van der Waals surface area contributed by atoms with Gasteiger partial charge in [-0.1, -0.05) is 0 Å². The first kappa shape index (κ1) is 15.7. The molecule has 20 heavy (non-hydrogen) atoms. The van der Waals surface area contributed by atoms with Crippen LogP contribution < -0.4 is 5.32 Å². The lowest BCUT2D eigenvalue weighted by molar-refractivity contribution is -0.134. The average molecular weight is 284 g/mol. The summed E-state index contributed by atoms with van der Waals surface area (Å²) >= 11 is 0. The number of rotatable bonds is 8. The van der Waals surface area contributed by atoms with Crippen LogP contribution in [0.1, 0.15) is 39.0 Å². The molecule has 2 aliphatic rings. The maximum Gasteiger partial charge on any atom is 0.239 e. The van der Waals surface area contributed by atoms with Gasteiger partial charge in [0, 0.05) is 26.2 Å². The summed E-state index contributed by atoms with van der Waals surface area (Å²) in [6.45, 7) is 5.14. The minimum Gasteiger partial charge on any atom is -0.389 e. The standard InChI is InChI=1S/C15H28N2O3/c1-12(15(19)17-7-3-2-4-8-17)16-9-14(18)11-20-10-13-5-6-13/h12-14,16,18H,2-11H2,1H3. The molecule has 0 aromatic heterocycles. The molecule has 0 aromatic carbocycles. The molecule has 2 rings (SSSR count). The molecule has 2 fully saturated rings. The summed E-state index contributed by atoms with van der Waals surface area (Å²) in [7, 11) is 0. The van der Waals surface area contributed by atoms with Crippen molar-refractivity contribution in [1.29, 1.82) is 0 Å². The van der Waals surface area contributed by atoms with Crippen molar-refractivity contribution in [3.63, 3.8) is 0 Å². The monoisotopic (exact) mass is 284 g/mol. The lowest BCUT2D eigenvalue weighted by Crippen LogP contribution is -2.48. The van der Waals surface area contributed by atoms with Gasteiger partial charge in [-0.15, -0.1) is 0 Å². The molecule has 1 saturated carbocycles. The fraction of sp³-hybridized carbons (Fsp3) is 0.933. The van der Waals surface area contributed by atoms with E-state index in [9.17, 15) is 9.90 Å². The number of carbonyl (C=O) groups excluding carboxylic acids is 1. The molecule has 2 N–H and O–H groups in total. The molecule has 1 aliphatic carbocycles. The molecule has 5 heteroatoms. The molecule has 1 amide bonds. The van der Waals surface area contributed by atoms with Gasteiger partial charge >= 0.3 is 0 Å². The number of ether oxygens (including phenoxy) is 1. The number of hydrogen-bond acceptors (Lipinski definition) is 4.